The summed E-state index contributed by atoms with van der Waals surface area (Å²) >= 11 is 14.0. The van der Waals surface area contributed by atoms with Crippen molar-refractivity contribution in [2.45, 2.75) is 9.50 Å². The predicted molar refractivity (Wildman–Crippen MR) is 56.1 cm³/mol. The lowest BCUT2D eigenvalue weighted by Gasteiger charge is -1.96. The smallest absolute Gasteiger partial charge is 0.227 e. The number of aromatic nitrogens is 4. The molecule has 0 saturated carbocycles. The Balaban J connectivity index is 2.25. The van der Waals surface area contributed by atoms with E-state index in [-0.39, 0.29) is 10.6 Å². The second-order valence-corrected chi connectivity index (χ2v) is 4.84. The van der Waals surface area contributed by atoms with Gasteiger partial charge in [-0.3, -0.25) is 0 Å². The Morgan fingerprint density at radius 1 is 1.14 bits per heavy atom. The molecule has 2 aromatic rings. The molecule has 0 fully saturated rings. The van der Waals surface area contributed by atoms with Gasteiger partial charge in [-0.25, -0.2) is 4.98 Å². The molecule has 8 heteroatoms. The summed E-state index contributed by atoms with van der Waals surface area (Å²) < 4.78 is 0.836. The van der Waals surface area contributed by atoms with Crippen molar-refractivity contribution in [1.82, 2.24) is 19.9 Å². The molecule has 0 unspecified atom stereocenters. The van der Waals surface area contributed by atoms with E-state index in [1.807, 2.05) is 5.38 Å². The summed E-state index contributed by atoms with van der Waals surface area (Å²) in [6, 6.07) is 0. The Hall–Kier alpha value is -0.430. The Kier molecular flexibility index (Phi) is 3.17. The molecule has 14 heavy (non-hydrogen) atoms. The second-order valence-electron chi connectivity index (χ2n) is 2.06. The zero-order valence-corrected chi connectivity index (χ0v) is 9.66. The molecule has 0 N–H and O–H groups in total. The van der Waals surface area contributed by atoms with Crippen LogP contribution < -0.4 is 0 Å². The third-order valence-corrected chi connectivity index (χ3v) is 3.24. The summed E-state index contributed by atoms with van der Waals surface area (Å²) in [6.07, 6.45) is 1.71. The van der Waals surface area contributed by atoms with Gasteiger partial charge in [0.2, 0.25) is 10.6 Å². The van der Waals surface area contributed by atoms with E-state index in [2.05, 4.69) is 19.9 Å². The van der Waals surface area contributed by atoms with E-state index in [0.29, 0.717) is 5.16 Å². The topological polar surface area (TPSA) is 51.6 Å². The van der Waals surface area contributed by atoms with Crippen molar-refractivity contribution in [3.8, 4) is 0 Å². The van der Waals surface area contributed by atoms with Gasteiger partial charge in [-0.1, -0.05) is 0 Å². The van der Waals surface area contributed by atoms with Gasteiger partial charge in [0.25, 0.3) is 0 Å². The Labute approximate surface area is 97.7 Å². The predicted octanol–water partition coefficient (Wildman–Crippen LogP) is 2.79. The van der Waals surface area contributed by atoms with Gasteiger partial charge in [-0.2, -0.15) is 15.0 Å². The molecule has 0 aliphatic carbocycles. The lowest BCUT2D eigenvalue weighted by Crippen LogP contribution is -1.91. The highest BCUT2D eigenvalue weighted by molar-refractivity contribution is 8.00. The van der Waals surface area contributed by atoms with Gasteiger partial charge in [0.05, 0.1) is 0 Å². The number of rotatable bonds is 2. The highest BCUT2D eigenvalue weighted by atomic mass is 35.5. The quantitative estimate of drug-likeness (QED) is 0.835. The van der Waals surface area contributed by atoms with Gasteiger partial charge < -0.3 is 0 Å². The van der Waals surface area contributed by atoms with Crippen LogP contribution in [0.2, 0.25) is 10.6 Å². The lowest BCUT2D eigenvalue weighted by molar-refractivity contribution is 0.903. The first kappa shape index (κ1) is 10.1. The molecule has 0 aliphatic heterocycles. The minimum absolute atomic E-state index is 0.0871. The molecule has 0 amide bonds. The molecule has 2 heterocycles. The normalized spacial score (nSPS) is 10.4. The zero-order chi connectivity index (χ0) is 9.97. The number of thiazole rings is 1. The largest absolute Gasteiger partial charge is 0.238 e. The molecule has 2 rings (SSSR count). The summed E-state index contributed by atoms with van der Waals surface area (Å²) in [5.74, 6) is 0. The molecular formula is C6H2Cl2N4S2. The SMILES string of the molecule is Clc1nc(Cl)nc(Sc2nccs2)n1. The van der Waals surface area contributed by atoms with Crippen molar-refractivity contribution in [2.75, 3.05) is 0 Å². The maximum Gasteiger partial charge on any atom is 0.227 e. The highest BCUT2D eigenvalue weighted by Crippen LogP contribution is 2.27. The average Bonchev–Trinajstić information content (AvgIpc) is 2.54. The first-order valence-corrected chi connectivity index (χ1v) is 5.83. The first-order chi connectivity index (χ1) is 6.74. The maximum absolute atomic E-state index is 5.61. The molecule has 0 aliphatic rings. The molecule has 0 aromatic carbocycles. The molecule has 0 atom stereocenters. The number of hydrogen-bond donors (Lipinski definition) is 0. The number of hydrogen-bond acceptors (Lipinski definition) is 6. The molecule has 0 spiro atoms. The molecule has 4 nitrogen and oxygen atoms in total. The van der Waals surface area contributed by atoms with Crippen LogP contribution in [0.4, 0.5) is 0 Å². The number of nitrogens with zero attached hydrogens (tertiary/aromatic N) is 4. The fraction of sp³-hybridized carbons (Fsp3) is 0. The minimum atomic E-state index is 0.0871. The number of halogens is 2. The van der Waals surface area contributed by atoms with Gasteiger partial charge in [0, 0.05) is 11.6 Å². The van der Waals surface area contributed by atoms with Gasteiger partial charge >= 0.3 is 0 Å². The second kappa shape index (κ2) is 4.39. The van der Waals surface area contributed by atoms with E-state index in [4.69, 9.17) is 23.2 Å². The fourth-order valence-corrected chi connectivity index (χ4v) is 2.63. The van der Waals surface area contributed by atoms with Crippen LogP contribution in [0.5, 0.6) is 0 Å². The van der Waals surface area contributed by atoms with E-state index in [0.717, 1.165) is 4.34 Å². The van der Waals surface area contributed by atoms with Crippen molar-refractivity contribution < 1.29 is 0 Å². The van der Waals surface area contributed by atoms with Crippen molar-refractivity contribution in [2.24, 2.45) is 0 Å². The summed E-state index contributed by atoms with van der Waals surface area (Å²) in [6.45, 7) is 0. The van der Waals surface area contributed by atoms with Crippen LogP contribution in [0.25, 0.3) is 0 Å². The maximum atomic E-state index is 5.61. The Bertz CT molecular complexity index is 413. The van der Waals surface area contributed by atoms with Gasteiger partial charge in [-0.15, -0.1) is 11.3 Å². The van der Waals surface area contributed by atoms with E-state index in [1.54, 1.807) is 6.20 Å². The summed E-state index contributed by atoms with van der Waals surface area (Å²) in [5, 5.41) is 2.49. The fourth-order valence-electron chi connectivity index (χ4n) is 0.693. The van der Waals surface area contributed by atoms with Gasteiger partial charge in [0.15, 0.2) is 9.50 Å². The van der Waals surface area contributed by atoms with Crippen LogP contribution in [-0.2, 0) is 0 Å². The van der Waals surface area contributed by atoms with Crippen molar-refractivity contribution in [3.63, 3.8) is 0 Å². The molecule has 0 radical (unpaired) electrons. The van der Waals surface area contributed by atoms with Gasteiger partial charge in [0.1, 0.15) is 0 Å². The summed E-state index contributed by atoms with van der Waals surface area (Å²) in [4.78, 5) is 15.5. The van der Waals surface area contributed by atoms with Crippen LogP contribution in [0, 0.1) is 0 Å². The summed E-state index contributed by atoms with van der Waals surface area (Å²) in [7, 11) is 0. The Morgan fingerprint density at radius 3 is 2.43 bits per heavy atom. The van der Waals surface area contributed by atoms with Crippen LogP contribution in [0.15, 0.2) is 21.1 Å². The third-order valence-electron chi connectivity index (χ3n) is 1.15. The Morgan fingerprint density at radius 2 is 1.86 bits per heavy atom. The van der Waals surface area contributed by atoms with E-state index in [9.17, 15) is 0 Å². The standard InChI is InChI=1S/C6H2Cl2N4S2/c7-3-10-4(8)12-5(11-3)14-6-9-1-2-13-6/h1-2H. The van der Waals surface area contributed by atoms with Crippen LogP contribution in [0.1, 0.15) is 0 Å². The van der Waals surface area contributed by atoms with E-state index < -0.39 is 0 Å². The summed E-state index contributed by atoms with van der Waals surface area (Å²) in [5.41, 5.74) is 0. The van der Waals surface area contributed by atoms with Crippen molar-refractivity contribution in [3.05, 3.63) is 22.1 Å². The molecule has 2 aromatic heterocycles. The zero-order valence-electron chi connectivity index (χ0n) is 6.52. The minimum Gasteiger partial charge on any atom is -0.238 e. The first-order valence-electron chi connectivity index (χ1n) is 3.38. The third kappa shape index (κ3) is 2.54. The van der Waals surface area contributed by atoms with Crippen LogP contribution >= 0.6 is 46.3 Å². The van der Waals surface area contributed by atoms with Crippen molar-refractivity contribution >= 4 is 46.3 Å². The van der Waals surface area contributed by atoms with Crippen molar-refractivity contribution in [1.29, 1.82) is 0 Å². The van der Waals surface area contributed by atoms with E-state index in [1.165, 1.54) is 23.1 Å². The highest BCUT2D eigenvalue weighted by Gasteiger charge is 2.06. The molecular weight excluding hydrogens is 263 g/mol. The van der Waals surface area contributed by atoms with Crippen LogP contribution in [0.3, 0.4) is 0 Å². The molecule has 0 bridgehead atoms. The lowest BCUT2D eigenvalue weighted by atomic mass is 11.0. The van der Waals surface area contributed by atoms with Crippen LogP contribution in [-0.4, -0.2) is 19.9 Å². The average molecular weight is 265 g/mol. The monoisotopic (exact) mass is 264 g/mol. The molecule has 72 valence electrons. The molecule has 0 saturated heterocycles. The van der Waals surface area contributed by atoms with Gasteiger partial charge in [-0.05, 0) is 35.0 Å². The van der Waals surface area contributed by atoms with E-state index >= 15 is 0 Å².